The lowest BCUT2D eigenvalue weighted by Crippen LogP contribution is -2.41. The molecule has 0 radical (unpaired) electrons. The first-order valence-corrected chi connectivity index (χ1v) is 6.07. The maximum atomic E-state index is 5.80. The Bertz CT molecular complexity index is 581. The van der Waals surface area contributed by atoms with Gasteiger partial charge in [-0.05, 0) is 20.3 Å². The Morgan fingerprint density at radius 3 is 3.17 bits per heavy atom. The number of fused-ring (bicyclic) bond motifs is 1. The molecular weight excluding hydrogens is 230 g/mol. The summed E-state index contributed by atoms with van der Waals surface area (Å²) in [5, 5.41) is 3.44. The minimum Gasteiger partial charge on any atom is -0.382 e. The Kier molecular flexibility index (Phi) is 2.41. The van der Waals surface area contributed by atoms with Crippen molar-refractivity contribution in [3.63, 3.8) is 0 Å². The molecule has 3 rings (SSSR count). The van der Waals surface area contributed by atoms with Gasteiger partial charge in [0.15, 0.2) is 11.5 Å². The van der Waals surface area contributed by atoms with Gasteiger partial charge in [0.05, 0.1) is 17.8 Å². The Balaban J connectivity index is 2.01. The van der Waals surface area contributed by atoms with Gasteiger partial charge in [-0.15, -0.1) is 0 Å². The van der Waals surface area contributed by atoms with Gasteiger partial charge < -0.3 is 20.2 Å². The highest BCUT2D eigenvalue weighted by Gasteiger charge is 2.37. The van der Waals surface area contributed by atoms with E-state index in [1.54, 1.807) is 12.4 Å². The summed E-state index contributed by atoms with van der Waals surface area (Å²) in [6.07, 6.45) is 6.42. The molecule has 3 N–H and O–H groups in total. The maximum Gasteiger partial charge on any atom is 0.180 e. The van der Waals surface area contributed by atoms with Crippen molar-refractivity contribution in [2.45, 2.75) is 31.9 Å². The Morgan fingerprint density at radius 2 is 2.44 bits per heavy atom. The number of hydrogen-bond acceptors (Lipinski definition) is 5. The normalized spacial score (nSPS) is 27.8. The topological polar surface area (TPSA) is 77.5 Å². The standard InChI is InChI=1S/C12H17N5O/c1-8-12(2,3-6-18-8)16-10-11-14-4-5-17(11)7-9(13)15-10/h4-5,7-8H,3,6,13H2,1-2H3,(H,15,16). The van der Waals surface area contributed by atoms with Crippen LogP contribution >= 0.6 is 0 Å². The lowest BCUT2D eigenvalue weighted by Gasteiger charge is -2.29. The summed E-state index contributed by atoms with van der Waals surface area (Å²) in [5.74, 6) is 1.18. The average molecular weight is 247 g/mol. The van der Waals surface area contributed by atoms with Crippen LogP contribution in [-0.2, 0) is 4.74 Å². The molecule has 1 saturated heterocycles. The van der Waals surface area contributed by atoms with E-state index in [0.29, 0.717) is 11.6 Å². The van der Waals surface area contributed by atoms with E-state index in [1.807, 2.05) is 10.6 Å². The van der Waals surface area contributed by atoms with E-state index in [0.717, 1.165) is 18.7 Å². The molecule has 0 aliphatic carbocycles. The van der Waals surface area contributed by atoms with E-state index >= 15 is 0 Å². The zero-order valence-electron chi connectivity index (χ0n) is 10.6. The van der Waals surface area contributed by atoms with Crippen LogP contribution in [0.15, 0.2) is 18.6 Å². The molecule has 96 valence electrons. The lowest BCUT2D eigenvalue weighted by molar-refractivity contribution is 0.105. The minimum atomic E-state index is -0.132. The van der Waals surface area contributed by atoms with E-state index < -0.39 is 0 Å². The van der Waals surface area contributed by atoms with Crippen LogP contribution in [0.4, 0.5) is 11.6 Å². The van der Waals surface area contributed by atoms with Crippen molar-refractivity contribution < 1.29 is 4.74 Å². The smallest absolute Gasteiger partial charge is 0.180 e. The first-order chi connectivity index (χ1) is 8.58. The fourth-order valence-corrected chi connectivity index (χ4v) is 2.30. The van der Waals surface area contributed by atoms with Crippen molar-refractivity contribution in [2.75, 3.05) is 17.7 Å². The van der Waals surface area contributed by atoms with Crippen molar-refractivity contribution in [2.24, 2.45) is 0 Å². The van der Waals surface area contributed by atoms with E-state index in [2.05, 4.69) is 29.1 Å². The molecule has 18 heavy (non-hydrogen) atoms. The maximum absolute atomic E-state index is 5.80. The molecule has 1 aliphatic heterocycles. The number of rotatable bonds is 2. The SMILES string of the molecule is CC1OCCC1(C)Nc1nc(N)cn2ccnc12. The zero-order valence-corrected chi connectivity index (χ0v) is 10.6. The van der Waals surface area contributed by atoms with Crippen molar-refractivity contribution in [1.82, 2.24) is 14.4 Å². The van der Waals surface area contributed by atoms with Gasteiger partial charge in [-0.1, -0.05) is 0 Å². The highest BCUT2D eigenvalue weighted by Crippen LogP contribution is 2.30. The van der Waals surface area contributed by atoms with Gasteiger partial charge in [0.1, 0.15) is 5.82 Å². The summed E-state index contributed by atoms with van der Waals surface area (Å²) >= 11 is 0. The number of aromatic nitrogens is 3. The van der Waals surface area contributed by atoms with Crippen LogP contribution in [-0.4, -0.2) is 32.6 Å². The van der Waals surface area contributed by atoms with E-state index in [4.69, 9.17) is 10.5 Å². The third kappa shape index (κ3) is 1.69. The number of nitrogens with zero attached hydrogens (tertiary/aromatic N) is 3. The summed E-state index contributed by atoms with van der Waals surface area (Å²) in [6.45, 7) is 4.96. The first-order valence-electron chi connectivity index (χ1n) is 6.07. The van der Waals surface area contributed by atoms with Crippen molar-refractivity contribution in [3.8, 4) is 0 Å². The highest BCUT2D eigenvalue weighted by molar-refractivity contribution is 5.65. The molecule has 0 spiro atoms. The van der Waals surface area contributed by atoms with Gasteiger partial charge in [0.25, 0.3) is 0 Å². The lowest BCUT2D eigenvalue weighted by atomic mass is 9.95. The van der Waals surface area contributed by atoms with Crippen LogP contribution in [0.5, 0.6) is 0 Å². The molecule has 2 aromatic rings. The van der Waals surface area contributed by atoms with Gasteiger partial charge in [0.2, 0.25) is 0 Å². The Labute approximate surface area is 105 Å². The minimum absolute atomic E-state index is 0.132. The number of nitrogen functional groups attached to an aromatic ring is 1. The van der Waals surface area contributed by atoms with Gasteiger partial charge in [-0.25, -0.2) is 9.97 Å². The van der Waals surface area contributed by atoms with Crippen LogP contribution in [0, 0.1) is 0 Å². The van der Waals surface area contributed by atoms with Crippen LogP contribution in [0.3, 0.4) is 0 Å². The number of hydrogen-bond donors (Lipinski definition) is 2. The van der Waals surface area contributed by atoms with E-state index in [-0.39, 0.29) is 11.6 Å². The summed E-state index contributed by atoms with van der Waals surface area (Å²) in [6, 6.07) is 0. The second-order valence-electron chi connectivity index (χ2n) is 4.98. The van der Waals surface area contributed by atoms with Gasteiger partial charge in [0, 0.05) is 19.0 Å². The molecule has 3 heterocycles. The molecule has 0 aromatic carbocycles. The second kappa shape index (κ2) is 3.84. The van der Waals surface area contributed by atoms with Crippen LogP contribution in [0.2, 0.25) is 0 Å². The van der Waals surface area contributed by atoms with Gasteiger partial charge in [-0.2, -0.15) is 0 Å². The van der Waals surface area contributed by atoms with Crippen LogP contribution in [0.1, 0.15) is 20.3 Å². The van der Waals surface area contributed by atoms with Crippen LogP contribution < -0.4 is 11.1 Å². The number of nitrogens with two attached hydrogens (primary N) is 1. The number of anilines is 2. The second-order valence-corrected chi connectivity index (χ2v) is 4.98. The van der Waals surface area contributed by atoms with Crippen molar-refractivity contribution >= 4 is 17.3 Å². The first kappa shape index (κ1) is 11.3. The summed E-state index contributed by atoms with van der Waals surface area (Å²) in [5.41, 5.74) is 6.46. The molecule has 2 aromatic heterocycles. The highest BCUT2D eigenvalue weighted by atomic mass is 16.5. The molecule has 0 saturated carbocycles. The van der Waals surface area contributed by atoms with Crippen molar-refractivity contribution in [3.05, 3.63) is 18.6 Å². The molecule has 1 fully saturated rings. The molecular formula is C12H17N5O. The summed E-state index contributed by atoms with van der Waals surface area (Å²) in [4.78, 5) is 8.64. The fraction of sp³-hybridized carbons (Fsp3) is 0.500. The number of nitrogens with one attached hydrogen (secondary N) is 1. The van der Waals surface area contributed by atoms with Gasteiger partial charge in [-0.3, -0.25) is 0 Å². The largest absolute Gasteiger partial charge is 0.382 e. The molecule has 2 atom stereocenters. The number of ether oxygens (including phenoxy) is 1. The van der Waals surface area contributed by atoms with Crippen LogP contribution in [0.25, 0.3) is 5.65 Å². The predicted molar refractivity (Wildman–Crippen MR) is 69.5 cm³/mol. The monoisotopic (exact) mass is 247 g/mol. The molecule has 2 unspecified atom stereocenters. The molecule has 6 nitrogen and oxygen atoms in total. The molecule has 0 bridgehead atoms. The number of imidazole rings is 1. The zero-order chi connectivity index (χ0) is 12.8. The van der Waals surface area contributed by atoms with E-state index in [9.17, 15) is 0 Å². The Morgan fingerprint density at radius 1 is 1.61 bits per heavy atom. The Hall–Kier alpha value is -1.82. The third-order valence-electron chi connectivity index (χ3n) is 3.68. The van der Waals surface area contributed by atoms with Gasteiger partial charge >= 0.3 is 0 Å². The quantitative estimate of drug-likeness (QED) is 0.836. The molecule has 1 aliphatic rings. The predicted octanol–water partition coefficient (Wildman–Crippen LogP) is 1.29. The molecule has 6 heteroatoms. The molecule has 0 amide bonds. The average Bonchev–Trinajstić information content (AvgIpc) is 2.87. The third-order valence-corrected chi connectivity index (χ3v) is 3.68. The fourth-order valence-electron chi connectivity index (χ4n) is 2.30. The summed E-state index contributed by atoms with van der Waals surface area (Å²) < 4.78 is 7.49. The van der Waals surface area contributed by atoms with E-state index in [1.165, 1.54) is 0 Å². The van der Waals surface area contributed by atoms with Crippen molar-refractivity contribution in [1.29, 1.82) is 0 Å². The summed E-state index contributed by atoms with van der Waals surface area (Å²) in [7, 11) is 0.